The van der Waals surface area contributed by atoms with Crippen molar-refractivity contribution in [2.75, 3.05) is 20.3 Å². The fourth-order valence-corrected chi connectivity index (χ4v) is 7.36. The summed E-state index contributed by atoms with van der Waals surface area (Å²) in [6.07, 6.45) is 35.7. The molecule has 284 valence electrons. The number of methoxy groups -OCH3 is 1. The molecule has 3 heteroatoms. The Labute approximate surface area is 298 Å². The van der Waals surface area contributed by atoms with Gasteiger partial charge in [-0.1, -0.05) is 170 Å². The van der Waals surface area contributed by atoms with Crippen LogP contribution in [0, 0.1) is 10.8 Å². The largest absolute Gasteiger partial charge is 0.379 e. The van der Waals surface area contributed by atoms with Crippen molar-refractivity contribution in [3.05, 3.63) is 0 Å². The highest BCUT2D eigenvalue weighted by atomic mass is 16.5. The van der Waals surface area contributed by atoms with Crippen molar-refractivity contribution in [2.45, 2.75) is 253 Å². The van der Waals surface area contributed by atoms with Gasteiger partial charge in [0.25, 0.3) is 0 Å². The van der Waals surface area contributed by atoms with Crippen molar-refractivity contribution in [3.8, 4) is 0 Å². The molecular weight excluding hydrogens is 574 g/mol. The molecule has 0 spiro atoms. The maximum atomic E-state index is 6.36. The van der Waals surface area contributed by atoms with E-state index in [0.717, 1.165) is 26.0 Å². The van der Waals surface area contributed by atoms with Gasteiger partial charge >= 0.3 is 0 Å². The average Bonchev–Trinajstić information content (AvgIpc) is 2.99. The summed E-state index contributed by atoms with van der Waals surface area (Å²) in [5.41, 5.74) is 0.356. The molecule has 47 heavy (non-hydrogen) atoms. The number of unbranched alkanes of at least 4 members (excludes halogenated alkanes) is 18. The Morgan fingerprint density at radius 3 is 1.28 bits per heavy atom. The van der Waals surface area contributed by atoms with Gasteiger partial charge in [-0.3, -0.25) is 0 Å². The first-order valence-corrected chi connectivity index (χ1v) is 21.1. The molecule has 0 aliphatic carbocycles. The van der Waals surface area contributed by atoms with Gasteiger partial charge in [-0.15, -0.1) is 0 Å². The van der Waals surface area contributed by atoms with Gasteiger partial charge in [-0.25, -0.2) is 0 Å². The normalized spacial score (nSPS) is 13.3. The van der Waals surface area contributed by atoms with Crippen LogP contribution in [0.1, 0.15) is 236 Å². The van der Waals surface area contributed by atoms with Crippen molar-refractivity contribution in [1.29, 1.82) is 0 Å². The summed E-state index contributed by atoms with van der Waals surface area (Å²) >= 11 is 0. The van der Waals surface area contributed by atoms with Crippen LogP contribution in [0.2, 0.25) is 0 Å². The van der Waals surface area contributed by atoms with E-state index in [2.05, 4.69) is 74.6 Å². The molecule has 0 aliphatic rings. The van der Waals surface area contributed by atoms with Crippen LogP contribution in [0.5, 0.6) is 0 Å². The Bertz CT molecular complexity index is 658. The van der Waals surface area contributed by atoms with Crippen molar-refractivity contribution >= 4 is 0 Å². The third kappa shape index (κ3) is 30.4. The van der Waals surface area contributed by atoms with Crippen molar-refractivity contribution in [2.24, 2.45) is 10.8 Å². The predicted octanol–water partition coefficient (Wildman–Crippen LogP) is 14.4. The molecular formula is C44H91NO2. The third-order valence-corrected chi connectivity index (χ3v) is 10.8. The van der Waals surface area contributed by atoms with E-state index < -0.39 is 0 Å². The Kier molecular flexibility index (Phi) is 27.5. The molecule has 0 saturated heterocycles. The van der Waals surface area contributed by atoms with E-state index in [1.54, 1.807) is 7.11 Å². The molecule has 3 nitrogen and oxygen atoms in total. The van der Waals surface area contributed by atoms with Crippen molar-refractivity contribution in [1.82, 2.24) is 5.32 Å². The number of rotatable bonds is 35. The first kappa shape index (κ1) is 46.9. The minimum atomic E-state index is -0.120. The van der Waals surface area contributed by atoms with Gasteiger partial charge in [0.05, 0.1) is 17.8 Å². The van der Waals surface area contributed by atoms with E-state index in [1.165, 1.54) is 154 Å². The Morgan fingerprint density at radius 1 is 0.468 bits per heavy atom. The summed E-state index contributed by atoms with van der Waals surface area (Å²) in [6.45, 7) is 25.3. The lowest BCUT2D eigenvalue weighted by atomic mass is 9.71. The monoisotopic (exact) mass is 666 g/mol. The predicted molar refractivity (Wildman–Crippen MR) is 212 cm³/mol. The lowest BCUT2D eigenvalue weighted by Gasteiger charge is -2.38. The molecule has 0 rings (SSSR count). The molecule has 0 aromatic rings. The maximum absolute atomic E-state index is 6.36. The zero-order chi connectivity index (χ0) is 35.5. The highest BCUT2D eigenvalue weighted by molar-refractivity contribution is 4.85. The zero-order valence-corrected chi connectivity index (χ0v) is 34.7. The van der Waals surface area contributed by atoms with E-state index in [-0.39, 0.29) is 16.6 Å². The molecule has 0 atom stereocenters. The molecule has 0 fully saturated rings. The average molecular weight is 666 g/mol. The molecule has 0 heterocycles. The minimum Gasteiger partial charge on any atom is -0.379 e. The standard InChI is InChI=1S/C44H91NO2/c1-12-14-16-18-20-22-24-26-28-30-32-40(33-31-29-27-25-23-21-19-17-15-13-2)45-39-42(5,6)38-41(3,4)34-35-44(9,10)47-37-36-43(7,8)46-11/h40,45H,12-39H2,1-11H3. The SMILES string of the molecule is CCCCCCCCCCCCC(CCCCCCCCCCCC)NCC(C)(C)CC(C)(C)CCC(C)(C)OCCC(C)(C)OC. The molecule has 0 amide bonds. The number of hydrogen-bond donors (Lipinski definition) is 1. The summed E-state index contributed by atoms with van der Waals surface area (Å²) in [7, 11) is 1.79. The van der Waals surface area contributed by atoms with Crippen LogP contribution in [0.4, 0.5) is 0 Å². The first-order valence-electron chi connectivity index (χ1n) is 21.1. The summed E-state index contributed by atoms with van der Waals surface area (Å²) < 4.78 is 11.9. The Balaban J connectivity index is 4.70. The highest BCUT2D eigenvalue weighted by Crippen LogP contribution is 2.39. The van der Waals surface area contributed by atoms with Gasteiger partial charge in [-0.2, -0.15) is 0 Å². The van der Waals surface area contributed by atoms with Crippen molar-refractivity contribution < 1.29 is 9.47 Å². The fourth-order valence-electron chi connectivity index (χ4n) is 7.36. The number of ether oxygens (including phenoxy) is 2. The summed E-state index contributed by atoms with van der Waals surface area (Å²) in [5, 5.41) is 4.13. The van der Waals surface area contributed by atoms with Gasteiger partial charge in [-0.05, 0) is 77.0 Å². The lowest BCUT2D eigenvalue weighted by Crippen LogP contribution is -2.39. The van der Waals surface area contributed by atoms with Crippen molar-refractivity contribution in [3.63, 3.8) is 0 Å². The van der Waals surface area contributed by atoms with Gasteiger partial charge in [0.1, 0.15) is 0 Å². The van der Waals surface area contributed by atoms with Crippen LogP contribution in [0.3, 0.4) is 0 Å². The molecule has 1 N–H and O–H groups in total. The summed E-state index contributed by atoms with van der Waals surface area (Å²) in [6, 6.07) is 0.684. The molecule has 0 unspecified atom stereocenters. The second-order valence-electron chi connectivity index (χ2n) is 18.3. The smallest absolute Gasteiger partial charge is 0.0644 e. The van der Waals surface area contributed by atoms with Gasteiger partial charge in [0.15, 0.2) is 0 Å². The van der Waals surface area contributed by atoms with Gasteiger partial charge in [0.2, 0.25) is 0 Å². The van der Waals surface area contributed by atoms with Gasteiger partial charge in [0, 0.05) is 19.7 Å². The van der Waals surface area contributed by atoms with E-state index >= 15 is 0 Å². The van der Waals surface area contributed by atoms with Gasteiger partial charge < -0.3 is 14.8 Å². The maximum Gasteiger partial charge on any atom is 0.0644 e. The third-order valence-electron chi connectivity index (χ3n) is 10.8. The van der Waals surface area contributed by atoms with Crippen LogP contribution in [-0.2, 0) is 9.47 Å². The fraction of sp³-hybridized carbons (Fsp3) is 1.00. The van der Waals surface area contributed by atoms with Crippen LogP contribution >= 0.6 is 0 Å². The zero-order valence-electron chi connectivity index (χ0n) is 34.7. The van der Waals surface area contributed by atoms with Crippen LogP contribution in [0.15, 0.2) is 0 Å². The highest BCUT2D eigenvalue weighted by Gasteiger charge is 2.32. The second-order valence-corrected chi connectivity index (χ2v) is 18.3. The van der Waals surface area contributed by atoms with E-state index in [0.29, 0.717) is 11.5 Å². The van der Waals surface area contributed by atoms with Crippen LogP contribution in [-0.4, -0.2) is 37.5 Å². The minimum absolute atomic E-state index is 0.0985. The molecule has 0 radical (unpaired) electrons. The molecule has 0 saturated carbocycles. The summed E-state index contributed by atoms with van der Waals surface area (Å²) in [5.74, 6) is 0. The number of nitrogens with one attached hydrogen (secondary N) is 1. The quantitative estimate of drug-likeness (QED) is 0.0683. The summed E-state index contributed by atoms with van der Waals surface area (Å²) in [4.78, 5) is 0. The lowest BCUT2D eigenvalue weighted by molar-refractivity contribution is -0.0658. The molecule has 0 aromatic heterocycles. The van der Waals surface area contributed by atoms with E-state index in [4.69, 9.17) is 9.47 Å². The van der Waals surface area contributed by atoms with E-state index in [9.17, 15) is 0 Å². The molecule has 0 bridgehead atoms. The van der Waals surface area contributed by atoms with Crippen LogP contribution < -0.4 is 5.32 Å². The number of hydrogen-bond acceptors (Lipinski definition) is 3. The van der Waals surface area contributed by atoms with E-state index in [1.807, 2.05) is 0 Å². The topological polar surface area (TPSA) is 30.5 Å². The molecule has 0 aliphatic heterocycles. The van der Waals surface area contributed by atoms with Crippen LogP contribution in [0.25, 0.3) is 0 Å². The second kappa shape index (κ2) is 27.6. The first-order chi connectivity index (χ1) is 22.2. The Hall–Kier alpha value is -0.120. The Morgan fingerprint density at radius 2 is 0.872 bits per heavy atom. The molecule has 0 aromatic carbocycles.